The Bertz CT molecular complexity index is 1530. The van der Waals surface area contributed by atoms with Crippen molar-refractivity contribution in [2.45, 2.75) is 30.5 Å². The van der Waals surface area contributed by atoms with E-state index in [-0.39, 0.29) is 17.7 Å². The number of benzene rings is 3. The van der Waals surface area contributed by atoms with Crippen molar-refractivity contribution >= 4 is 38.8 Å². The highest BCUT2D eigenvalue weighted by Gasteiger charge is 2.48. The fraction of sp³-hybridized carbons (Fsp3) is 0.241. The van der Waals surface area contributed by atoms with Crippen LogP contribution in [0.25, 0.3) is 10.1 Å². The van der Waals surface area contributed by atoms with Crippen LogP contribution in [0.4, 0.5) is 5.69 Å². The molecule has 194 valence electrons. The number of ketones is 1. The lowest BCUT2D eigenvalue weighted by molar-refractivity contribution is -0.124. The van der Waals surface area contributed by atoms with Gasteiger partial charge >= 0.3 is 0 Å². The number of hydrogen-bond donors (Lipinski definition) is 5. The predicted octanol–water partition coefficient (Wildman–Crippen LogP) is 3.54. The molecule has 6 rings (SSSR count). The van der Waals surface area contributed by atoms with Gasteiger partial charge in [-0.1, -0.05) is 36.4 Å². The standard InChI is InChI=1S/C29H29N5O3S/c30-21-11-10-20-22-23(26(38-25(21)22)28(36)34-17-12-14-33-15-13-17)24(31)27(35)29(20,32)16-6-8-19(9-7-16)37-18-4-2-1-3-5-18/h1-11,17,24,33H,12-15,30-32H2,(H,34,36). The van der Waals surface area contributed by atoms with E-state index in [2.05, 4.69) is 10.6 Å². The number of nitrogens with one attached hydrogen (secondary N) is 2. The summed E-state index contributed by atoms with van der Waals surface area (Å²) >= 11 is 1.27. The fourth-order valence-corrected chi connectivity index (χ4v) is 6.68. The van der Waals surface area contributed by atoms with Crippen LogP contribution in [0.15, 0.2) is 66.7 Å². The minimum absolute atomic E-state index is 0.0683. The number of piperidine rings is 1. The first-order valence-corrected chi connectivity index (χ1v) is 13.5. The van der Waals surface area contributed by atoms with Crippen LogP contribution < -0.4 is 32.6 Å². The molecule has 8 N–H and O–H groups in total. The molecule has 0 saturated carbocycles. The van der Waals surface area contributed by atoms with Crippen molar-refractivity contribution in [3.63, 3.8) is 0 Å². The Morgan fingerprint density at radius 1 is 1.00 bits per heavy atom. The molecule has 0 radical (unpaired) electrons. The summed E-state index contributed by atoms with van der Waals surface area (Å²) in [5.41, 5.74) is 20.6. The van der Waals surface area contributed by atoms with E-state index in [0.717, 1.165) is 30.6 Å². The number of ether oxygens (including phenoxy) is 1. The normalized spacial score (nSPS) is 21.4. The molecule has 3 aromatic carbocycles. The predicted molar refractivity (Wildman–Crippen MR) is 149 cm³/mol. The van der Waals surface area contributed by atoms with Gasteiger partial charge in [-0.15, -0.1) is 11.3 Å². The second kappa shape index (κ2) is 9.52. The smallest absolute Gasteiger partial charge is 0.261 e. The van der Waals surface area contributed by atoms with Crippen LogP contribution in [-0.2, 0) is 10.3 Å². The molecule has 8 nitrogen and oxygen atoms in total. The van der Waals surface area contributed by atoms with Gasteiger partial charge in [0.05, 0.1) is 15.6 Å². The molecule has 0 spiro atoms. The average Bonchev–Trinajstić information content (AvgIpc) is 3.35. The van der Waals surface area contributed by atoms with Crippen molar-refractivity contribution in [3.05, 3.63) is 88.3 Å². The minimum atomic E-state index is -1.51. The van der Waals surface area contributed by atoms with E-state index in [1.54, 1.807) is 36.4 Å². The summed E-state index contributed by atoms with van der Waals surface area (Å²) in [5, 5.41) is 7.12. The van der Waals surface area contributed by atoms with E-state index in [9.17, 15) is 9.59 Å². The Kier molecular flexibility index (Phi) is 6.16. The number of hydrogen-bond acceptors (Lipinski definition) is 8. The number of Topliss-reactive ketones (excluding diaryl/α,β-unsaturated/α-hetero) is 1. The van der Waals surface area contributed by atoms with Crippen molar-refractivity contribution in [1.29, 1.82) is 0 Å². The first kappa shape index (κ1) is 24.6. The first-order valence-electron chi connectivity index (χ1n) is 12.7. The number of amides is 1. The largest absolute Gasteiger partial charge is 0.457 e. The quantitative estimate of drug-likeness (QED) is 0.250. The Labute approximate surface area is 224 Å². The maximum absolute atomic E-state index is 13.9. The highest BCUT2D eigenvalue weighted by atomic mass is 32.1. The van der Waals surface area contributed by atoms with Crippen LogP contribution in [0.5, 0.6) is 11.5 Å². The zero-order valence-corrected chi connectivity index (χ0v) is 21.5. The molecule has 1 aliphatic carbocycles. The third kappa shape index (κ3) is 3.95. The van der Waals surface area contributed by atoms with Crippen LogP contribution in [0.2, 0.25) is 0 Å². The number of carbonyl (C=O) groups is 2. The summed E-state index contributed by atoms with van der Waals surface area (Å²) in [6.07, 6.45) is 1.69. The molecule has 1 aliphatic heterocycles. The lowest BCUT2D eigenvalue weighted by Crippen LogP contribution is -2.52. The maximum atomic E-state index is 13.9. The number of rotatable bonds is 5. The zero-order chi connectivity index (χ0) is 26.4. The molecular formula is C29H29N5O3S. The van der Waals surface area contributed by atoms with Crippen molar-refractivity contribution in [3.8, 4) is 11.5 Å². The van der Waals surface area contributed by atoms with Crippen molar-refractivity contribution in [2.24, 2.45) is 11.5 Å². The van der Waals surface area contributed by atoms with Gasteiger partial charge in [-0.3, -0.25) is 9.59 Å². The molecule has 2 heterocycles. The maximum Gasteiger partial charge on any atom is 0.261 e. The van der Waals surface area contributed by atoms with E-state index in [4.69, 9.17) is 21.9 Å². The lowest BCUT2D eigenvalue weighted by atomic mass is 9.70. The molecule has 1 saturated heterocycles. The van der Waals surface area contributed by atoms with E-state index in [1.807, 2.05) is 30.3 Å². The van der Waals surface area contributed by atoms with E-state index in [0.29, 0.717) is 44.1 Å². The molecule has 9 heteroatoms. The number of thiophene rings is 1. The van der Waals surface area contributed by atoms with Crippen molar-refractivity contribution in [1.82, 2.24) is 10.6 Å². The van der Waals surface area contributed by atoms with Crippen molar-refractivity contribution in [2.75, 3.05) is 18.8 Å². The van der Waals surface area contributed by atoms with Gasteiger partial charge in [-0.2, -0.15) is 0 Å². The lowest BCUT2D eigenvalue weighted by Gasteiger charge is -2.36. The Morgan fingerprint density at radius 2 is 1.68 bits per heavy atom. The van der Waals surface area contributed by atoms with Gasteiger partial charge in [0.1, 0.15) is 17.0 Å². The van der Waals surface area contributed by atoms with Crippen LogP contribution in [0.3, 0.4) is 0 Å². The Balaban J connectivity index is 1.41. The summed E-state index contributed by atoms with van der Waals surface area (Å²) in [6, 6.07) is 19.1. The summed E-state index contributed by atoms with van der Waals surface area (Å²) in [4.78, 5) is 27.8. The highest BCUT2D eigenvalue weighted by Crippen LogP contribution is 2.49. The molecule has 1 aromatic heterocycles. The fourth-order valence-electron chi connectivity index (χ4n) is 5.48. The minimum Gasteiger partial charge on any atom is -0.457 e. The number of carbonyl (C=O) groups excluding carboxylic acids is 2. The number of nitrogen functional groups attached to an aromatic ring is 1. The van der Waals surface area contributed by atoms with Crippen LogP contribution in [0.1, 0.15) is 45.2 Å². The van der Waals surface area contributed by atoms with Gasteiger partial charge in [0, 0.05) is 22.7 Å². The topological polar surface area (TPSA) is 145 Å². The second-order valence-electron chi connectivity index (χ2n) is 9.84. The molecule has 1 fully saturated rings. The highest BCUT2D eigenvalue weighted by molar-refractivity contribution is 7.21. The molecule has 1 amide bonds. The SMILES string of the molecule is Nc1ccc2c3c(c(C(=O)NC4CCNCC4)sc13)C(N)C(=O)C2(N)c1ccc(Oc2ccccc2)cc1. The molecule has 2 atom stereocenters. The monoisotopic (exact) mass is 527 g/mol. The Hall–Kier alpha value is -3.76. The zero-order valence-electron chi connectivity index (χ0n) is 20.7. The van der Waals surface area contributed by atoms with Gasteiger partial charge < -0.3 is 32.6 Å². The molecule has 0 bridgehead atoms. The third-order valence-corrected chi connectivity index (χ3v) is 8.74. The molecule has 2 aliphatic rings. The first-order chi connectivity index (χ1) is 18.4. The average molecular weight is 528 g/mol. The number of para-hydroxylation sites is 1. The molecule has 4 aromatic rings. The Morgan fingerprint density at radius 3 is 2.39 bits per heavy atom. The summed E-state index contributed by atoms with van der Waals surface area (Å²) in [5.74, 6) is 0.722. The third-order valence-electron chi connectivity index (χ3n) is 7.48. The van der Waals surface area contributed by atoms with Gasteiger partial charge in [0.15, 0.2) is 5.78 Å². The van der Waals surface area contributed by atoms with E-state index in [1.165, 1.54) is 11.3 Å². The van der Waals surface area contributed by atoms with E-state index < -0.39 is 11.6 Å². The number of anilines is 1. The van der Waals surface area contributed by atoms with Crippen LogP contribution in [0, 0.1) is 0 Å². The molecule has 38 heavy (non-hydrogen) atoms. The van der Waals surface area contributed by atoms with Gasteiger partial charge in [-0.25, -0.2) is 0 Å². The number of nitrogens with two attached hydrogens (primary N) is 3. The van der Waals surface area contributed by atoms with Crippen LogP contribution in [-0.4, -0.2) is 30.8 Å². The second-order valence-corrected chi connectivity index (χ2v) is 10.9. The van der Waals surface area contributed by atoms with Crippen LogP contribution >= 0.6 is 11.3 Å². The van der Waals surface area contributed by atoms with Gasteiger partial charge in [0.25, 0.3) is 5.91 Å². The molecular weight excluding hydrogens is 498 g/mol. The molecule has 2 unspecified atom stereocenters. The van der Waals surface area contributed by atoms with E-state index >= 15 is 0 Å². The van der Waals surface area contributed by atoms with Gasteiger partial charge in [0.2, 0.25) is 0 Å². The summed E-state index contributed by atoms with van der Waals surface area (Å²) < 4.78 is 6.63. The van der Waals surface area contributed by atoms with Gasteiger partial charge in [-0.05, 0) is 67.4 Å². The summed E-state index contributed by atoms with van der Waals surface area (Å²) in [6.45, 7) is 1.70. The summed E-state index contributed by atoms with van der Waals surface area (Å²) in [7, 11) is 0. The van der Waals surface area contributed by atoms with Crippen molar-refractivity contribution < 1.29 is 14.3 Å².